The van der Waals surface area contributed by atoms with Crippen LogP contribution in [0.4, 0.5) is 11.4 Å². The quantitative estimate of drug-likeness (QED) is 0.710. The molecular formula is C22H22N4O3. The van der Waals surface area contributed by atoms with Gasteiger partial charge in [-0.3, -0.25) is 9.59 Å². The molecule has 0 spiro atoms. The smallest absolute Gasteiger partial charge is 0.255 e. The van der Waals surface area contributed by atoms with Crippen molar-refractivity contribution in [3.63, 3.8) is 0 Å². The zero-order valence-corrected chi connectivity index (χ0v) is 16.4. The van der Waals surface area contributed by atoms with E-state index < -0.39 is 0 Å². The summed E-state index contributed by atoms with van der Waals surface area (Å²) in [6.45, 7) is 4.44. The third-order valence-corrected chi connectivity index (χ3v) is 4.97. The Labute approximate surface area is 168 Å². The minimum Gasteiger partial charge on any atom is -0.368 e. The molecule has 0 bridgehead atoms. The van der Waals surface area contributed by atoms with Gasteiger partial charge >= 0.3 is 0 Å². The third-order valence-electron chi connectivity index (χ3n) is 4.97. The van der Waals surface area contributed by atoms with Gasteiger partial charge in [-0.15, -0.1) is 0 Å². The number of aryl methyl sites for hydroxylation is 2. The summed E-state index contributed by atoms with van der Waals surface area (Å²) >= 11 is 0. The highest BCUT2D eigenvalue weighted by Crippen LogP contribution is 2.19. The summed E-state index contributed by atoms with van der Waals surface area (Å²) in [5, 5.41) is 5.69. The lowest BCUT2D eigenvalue weighted by Gasteiger charge is -2.11. The summed E-state index contributed by atoms with van der Waals surface area (Å²) in [5.41, 5.74) is 4.97. The van der Waals surface area contributed by atoms with E-state index in [0.717, 1.165) is 29.7 Å². The number of nitrogens with one attached hydrogen (secondary N) is 2. The second kappa shape index (κ2) is 7.97. The predicted molar refractivity (Wildman–Crippen MR) is 111 cm³/mol. The van der Waals surface area contributed by atoms with Crippen LogP contribution in [0.5, 0.6) is 0 Å². The molecule has 1 saturated heterocycles. The van der Waals surface area contributed by atoms with Crippen LogP contribution in [0.3, 0.4) is 0 Å². The van der Waals surface area contributed by atoms with Crippen LogP contribution in [-0.2, 0) is 9.53 Å². The molecule has 1 unspecified atom stereocenters. The Morgan fingerprint density at radius 3 is 2.24 bits per heavy atom. The maximum Gasteiger partial charge on any atom is 0.255 e. The number of amides is 2. The van der Waals surface area contributed by atoms with E-state index >= 15 is 0 Å². The zero-order valence-electron chi connectivity index (χ0n) is 16.4. The van der Waals surface area contributed by atoms with Gasteiger partial charge in [0.1, 0.15) is 6.10 Å². The van der Waals surface area contributed by atoms with Crippen molar-refractivity contribution in [2.75, 3.05) is 17.2 Å². The van der Waals surface area contributed by atoms with Crippen molar-refractivity contribution in [1.82, 2.24) is 9.97 Å². The summed E-state index contributed by atoms with van der Waals surface area (Å²) in [4.78, 5) is 33.7. The maximum atomic E-state index is 12.6. The van der Waals surface area contributed by atoms with Crippen LogP contribution < -0.4 is 10.6 Å². The Morgan fingerprint density at radius 2 is 1.59 bits per heavy atom. The van der Waals surface area contributed by atoms with Crippen molar-refractivity contribution in [2.24, 2.45) is 0 Å². The Bertz CT molecular complexity index is 1070. The fourth-order valence-corrected chi connectivity index (χ4v) is 3.22. The molecule has 1 aliphatic heterocycles. The van der Waals surface area contributed by atoms with Crippen LogP contribution in [-0.4, -0.2) is 34.5 Å². The molecule has 3 aromatic rings. The Balaban J connectivity index is 1.43. The number of ether oxygens (including phenoxy) is 1. The first-order valence-electron chi connectivity index (χ1n) is 9.58. The van der Waals surface area contributed by atoms with Crippen LogP contribution in [0.15, 0.2) is 42.5 Å². The molecule has 2 amide bonds. The molecule has 2 N–H and O–H groups in total. The predicted octanol–water partition coefficient (Wildman–Crippen LogP) is 3.62. The summed E-state index contributed by atoms with van der Waals surface area (Å²) < 4.78 is 5.38. The first kappa shape index (κ1) is 19.0. The van der Waals surface area contributed by atoms with Gasteiger partial charge in [-0.1, -0.05) is 0 Å². The fraction of sp³-hybridized carbons (Fsp3) is 0.273. The monoisotopic (exact) mass is 390 g/mol. The van der Waals surface area contributed by atoms with Crippen LogP contribution in [0, 0.1) is 13.8 Å². The molecule has 1 aliphatic rings. The number of rotatable bonds is 4. The van der Waals surface area contributed by atoms with Gasteiger partial charge in [0.2, 0.25) is 0 Å². The second-order valence-electron chi connectivity index (χ2n) is 7.12. The highest BCUT2D eigenvalue weighted by Gasteiger charge is 2.23. The number of anilines is 2. The number of aromatic nitrogens is 2. The van der Waals surface area contributed by atoms with E-state index in [4.69, 9.17) is 4.74 Å². The normalized spacial score (nSPS) is 16.0. The van der Waals surface area contributed by atoms with Crippen molar-refractivity contribution in [1.29, 1.82) is 0 Å². The molecule has 2 aromatic carbocycles. The Hall–Kier alpha value is -3.32. The van der Waals surface area contributed by atoms with Crippen LogP contribution in [0.2, 0.25) is 0 Å². The van der Waals surface area contributed by atoms with E-state index in [1.54, 1.807) is 42.5 Å². The first-order chi connectivity index (χ1) is 14.0. The molecule has 1 aromatic heterocycles. The largest absolute Gasteiger partial charge is 0.368 e. The standard InChI is InChI=1S/C22H22N4O3/c1-13-14(2)24-19-12-15(5-10-18(19)23-13)21(27)25-16-6-8-17(9-7-16)26-22(28)20-4-3-11-29-20/h5-10,12,20H,3-4,11H2,1-2H3,(H,25,27)(H,26,28). The number of hydrogen-bond donors (Lipinski definition) is 2. The van der Waals surface area contributed by atoms with E-state index in [0.29, 0.717) is 29.1 Å². The summed E-state index contributed by atoms with van der Waals surface area (Å²) in [7, 11) is 0. The lowest BCUT2D eigenvalue weighted by Crippen LogP contribution is -2.26. The van der Waals surface area contributed by atoms with Crippen molar-refractivity contribution in [3.8, 4) is 0 Å². The molecule has 4 rings (SSSR count). The number of hydrogen-bond acceptors (Lipinski definition) is 5. The zero-order chi connectivity index (χ0) is 20.4. The van der Waals surface area contributed by atoms with E-state index in [1.165, 1.54) is 0 Å². The molecule has 0 saturated carbocycles. The van der Waals surface area contributed by atoms with E-state index in [1.807, 2.05) is 13.8 Å². The highest BCUT2D eigenvalue weighted by atomic mass is 16.5. The van der Waals surface area contributed by atoms with Gasteiger partial charge in [-0.05, 0) is 69.2 Å². The maximum absolute atomic E-state index is 12.6. The number of fused-ring (bicyclic) bond motifs is 1. The van der Waals surface area contributed by atoms with Gasteiger partial charge in [0, 0.05) is 23.5 Å². The molecule has 1 fully saturated rings. The SMILES string of the molecule is Cc1nc2ccc(C(=O)Nc3ccc(NC(=O)C4CCCO4)cc3)cc2nc1C. The van der Waals surface area contributed by atoms with Crippen molar-refractivity contribution in [2.45, 2.75) is 32.8 Å². The molecule has 1 atom stereocenters. The fourth-order valence-electron chi connectivity index (χ4n) is 3.22. The van der Waals surface area contributed by atoms with Crippen molar-refractivity contribution < 1.29 is 14.3 Å². The topological polar surface area (TPSA) is 93.2 Å². The number of carbonyl (C=O) groups excluding carboxylic acids is 2. The van der Waals surface area contributed by atoms with E-state index in [2.05, 4.69) is 20.6 Å². The highest BCUT2D eigenvalue weighted by molar-refractivity contribution is 6.06. The Morgan fingerprint density at radius 1 is 0.931 bits per heavy atom. The number of benzene rings is 2. The molecule has 0 aliphatic carbocycles. The average molecular weight is 390 g/mol. The lowest BCUT2D eigenvalue weighted by atomic mass is 10.1. The van der Waals surface area contributed by atoms with Crippen LogP contribution >= 0.6 is 0 Å². The minimum atomic E-state index is -0.377. The van der Waals surface area contributed by atoms with Crippen LogP contribution in [0.1, 0.15) is 34.6 Å². The summed E-state index contributed by atoms with van der Waals surface area (Å²) in [6, 6.07) is 12.3. The third kappa shape index (κ3) is 4.25. The first-order valence-corrected chi connectivity index (χ1v) is 9.58. The summed E-state index contributed by atoms with van der Waals surface area (Å²) in [6.07, 6.45) is 1.27. The van der Waals surface area contributed by atoms with Gasteiger partial charge < -0.3 is 15.4 Å². The van der Waals surface area contributed by atoms with Gasteiger partial charge in [0.25, 0.3) is 11.8 Å². The van der Waals surface area contributed by atoms with Crippen molar-refractivity contribution >= 4 is 34.2 Å². The van der Waals surface area contributed by atoms with Gasteiger partial charge in [0.05, 0.1) is 22.4 Å². The number of nitrogens with zero attached hydrogens (tertiary/aromatic N) is 2. The van der Waals surface area contributed by atoms with Gasteiger partial charge in [0.15, 0.2) is 0 Å². The molecule has 0 radical (unpaired) electrons. The lowest BCUT2D eigenvalue weighted by molar-refractivity contribution is -0.124. The van der Waals surface area contributed by atoms with Crippen LogP contribution in [0.25, 0.3) is 11.0 Å². The molecular weight excluding hydrogens is 368 g/mol. The van der Waals surface area contributed by atoms with E-state index in [-0.39, 0.29) is 17.9 Å². The summed E-state index contributed by atoms with van der Waals surface area (Å²) in [5.74, 6) is -0.370. The molecule has 7 nitrogen and oxygen atoms in total. The van der Waals surface area contributed by atoms with Crippen molar-refractivity contribution in [3.05, 3.63) is 59.4 Å². The number of carbonyl (C=O) groups is 2. The molecule has 148 valence electrons. The average Bonchev–Trinajstić information content (AvgIpc) is 3.25. The molecule has 7 heteroatoms. The minimum absolute atomic E-state index is 0.137. The Kier molecular flexibility index (Phi) is 5.22. The molecule has 29 heavy (non-hydrogen) atoms. The molecule has 2 heterocycles. The second-order valence-corrected chi connectivity index (χ2v) is 7.12. The van der Waals surface area contributed by atoms with Gasteiger partial charge in [-0.25, -0.2) is 9.97 Å². The van der Waals surface area contributed by atoms with Gasteiger partial charge in [-0.2, -0.15) is 0 Å². The van der Waals surface area contributed by atoms with E-state index in [9.17, 15) is 9.59 Å².